The SMILES string of the molecule is CN(c1ncccn1)C1CCN(S(=O)(=O)CCc2ccc(F)cc2)CC1. The Balaban J connectivity index is 1.54. The number of rotatable bonds is 6. The summed E-state index contributed by atoms with van der Waals surface area (Å²) in [4.78, 5) is 10.5. The first-order valence-corrected chi connectivity index (χ1v) is 10.3. The largest absolute Gasteiger partial charge is 0.341 e. The zero-order valence-electron chi connectivity index (χ0n) is 14.8. The minimum Gasteiger partial charge on any atom is -0.341 e. The molecular weight excluding hydrogens is 355 g/mol. The van der Waals surface area contributed by atoms with Gasteiger partial charge in [-0.3, -0.25) is 0 Å². The fraction of sp³-hybridized carbons (Fsp3) is 0.444. The molecule has 3 rings (SSSR count). The lowest BCUT2D eigenvalue weighted by Crippen LogP contribution is -2.46. The third kappa shape index (κ3) is 4.56. The van der Waals surface area contributed by atoms with Gasteiger partial charge in [0.25, 0.3) is 0 Å². The molecule has 1 aliphatic heterocycles. The van der Waals surface area contributed by atoms with Crippen LogP contribution in [0.5, 0.6) is 0 Å². The molecule has 0 bridgehead atoms. The molecule has 0 saturated carbocycles. The summed E-state index contributed by atoms with van der Waals surface area (Å²) >= 11 is 0. The van der Waals surface area contributed by atoms with Crippen LogP contribution in [0.1, 0.15) is 18.4 Å². The molecule has 0 N–H and O–H groups in total. The summed E-state index contributed by atoms with van der Waals surface area (Å²) in [5.74, 6) is 0.385. The van der Waals surface area contributed by atoms with Gasteiger partial charge in [-0.05, 0) is 43.0 Å². The van der Waals surface area contributed by atoms with Crippen molar-refractivity contribution in [1.82, 2.24) is 14.3 Å². The van der Waals surface area contributed by atoms with Gasteiger partial charge in [-0.15, -0.1) is 0 Å². The predicted octanol–water partition coefficient (Wildman–Crippen LogP) is 2.09. The highest BCUT2D eigenvalue weighted by Crippen LogP contribution is 2.21. The lowest BCUT2D eigenvalue weighted by Gasteiger charge is -2.36. The average molecular weight is 378 g/mol. The Morgan fingerprint density at radius 3 is 2.38 bits per heavy atom. The van der Waals surface area contributed by atoms with Gasteiger partial charge in [-0.25, -0.2) is 27.1 Å². The molecule has 2 heterocycles. The minimum absolute atomic E-state index is 0.0426. The molecule has 1 aromatic heterocycles. The van der Waals surface area contributed by atoms with Crippen LogP contribution < -0.4 is 4.90 Å². The number of hydrogen-bond acceptors (Lipinski definition) is 5. The third-order valence-corrected chi connectivity index (χ3v) is 6.67. The lowest BCUT2D eigenvalue weighted by molar-refractivity contribution is 0.313. The van der Waals surface area contributed by atoms with E-state index in [2.05, 4.69) is 9.97 Å². The van der Waals surface area contributed by atoms with Crippen LogP contribution in [-0.4, -0.2) is 54.6 Å². The van der Waals surface area contributed by atoms with Crippen LogP contribution in [0.15, 0.2) is 42.7 Å². The molecule has 8 heteroatoms. The molecule has 2 aromatic rings. The van der Waals surface area contributed by atoms with Crippen LogP contribution in [0.2, 0.25) is 0 Å². The molecule has 1 aliphatic rings. The lowest BCUT2D eigenvalue weighted by atomic mass is 10.1. The maximum atomic E-state index is 12.9. The van der Waals surface area contributed by atoms with Crippen LogP contribution in [0.25, 0.3) is 0 Å². The highest BCUT2D eigenvalue weighted by Gasteiger charge is 2.30. The fourth-order valence-electron chi connectivity index (χ4n) is 3.17. The maximum absolute atomic E-state index is 12.9. The highest BCUT2D eigenvalue weighted by molar-refractivity contribution is 7.89. The number of halogens is 1. The monoisotopic (exact) mass is 378 g/mol. The Morgan fingerprint density at radius 1 is 1.15 bits per heavy atom. The Bertz CT molecular complexity index is 807. The third-order valence-electron chi connectivity index (χ3n) is 4.79. The molecule has 0 amide bonds. The molecule has 140 valence electrons. The zero-order chi connectivity index (χ0) is 18.6. The minimum atomic E-state index is -3.32. The molecule has 0 unspecified atom stereocenters. The summed E-state index contributed by atoms with van der Waals surface area (Å²) in [7, 11) is -1.37. The van der Waals surface area contributed by atoms with Gasteiger partial charge < -0.3 is 4.90 Å². The van der Waals surface area contributed by atoms with Gasteiger partial charge >= 0.3 is 0 Å². The van der Waals surface area contributed by atoms with Gasteiger partial charge in [0.1, 0.15) is 5.82 Å². The molecule has 1 aromatic carbocycles. The van der Waals surface area contributed by atoms with Crippen molar-refractivity contribution in [3.05, 3.63) is 54.1 Å². The van der Waals surface area contributed by atoms with Gasteiger partial charge in [0, 0.05) is 38.6 Å². The Morgan fingerprint density at radius 2 is 1.77 bits per heavy atom. The summed E-state index contributed by atoms with van der Waals surface area (Å²) in [6.07, 6.45) is 5.27. The van der Waals surface area contributed by atoms with E-state index in [-0.39, 0.29) is 17.6 Å². The molecule has 26 heavy (non-hydrogen) atoms. The summed E-state index contributed by atoms with van der Waals surface area (Å²) in [6, 6.07) is 7.97. The van der Waals surface area contributed by atoms with Gasteiger partial charge in [0.05, 0.1) is 5.75 Å². The Hall–Kier alpha value is -2.06. The first-order valence-electron chi connectivity index (χ1n) is 8.68. The summed E-state index contributed by atoms with van der Waals surface area (Å²) < 4.78 is 39.7. The van der Waals surface area contributed by atoms with Crippen molar-refractivity contribution in [2.45, 2.75) is 25.3 Å². The predicted molar refractivity (Wildman–Crippen MR) is 98.9 cm³/mol. The normalized spacial score (nSPS) is 16.5. The fourth-order valence-corrected chi connectivity index (χ4v) is 4.69. The number of piperidine rings is 1. The van der Waals surface area contributed by atoms with E-state index in [9.17, 15) is 12.8 Å². The summed E-state index contributed by atoms with van der Waals surface area (Å²) in [6.45, 7) is 0.987. The van der Waals surface area contributed by atoms with Crippen molar-refractivity contribution in [2.75, 3.05) is 30.8 Å². The van der Waals surface area contributed by atoms with Gasteiger partial charge in [0.2, 0.25) is 16.0 Å². The second kappa shape index (κ2) is 8.09. The van der Waals surface area contributed by atoms with Gasteiger partial charge in [-0.2, -0.15) is 0 Å². The number of benzene rings is 1. The smallest absolute Gasteiger partial charge is 0.225 e. The van der Waals surface area contributed by atoms with Crippen LogP contribution >= 0.6 is 0 Å². The van der Waals surface area contributed by atoms with Crippen molar-refractivity contribution >= 4 is 16.0 Å². The van der Waals surface area contributed by atoms with Gasteiger partial charge in [0.15, 0.2) is 0 Å². The molecule has 1 saturated heterocycles. The van der Waals surface area contributed by atoms with Crippen LogP contribution in [-0.2, 0) is 16.4 Å². The number of aromatic nitrogens is 2. The van der Waals surface area contributed by atoms with Crippen molar-refractivity contribution in [1.29, 1.82) is 0 Å². The van der Waals surface area contributed by atoms with Crippen molar-refractivity contribution in [3.8, 4) is 0 Å². The number of sulfonamides is 1. The van der Waals surface area contributed by atoms with E-state index >= 15 is 0 Å². The van der Waals surface area contributed by atoms with Crippen LogP contribution in [0.3, 0.4) is 0 Å². The molecule has 0 radical (unpaired) electrons. The van der Waals surface area contributed by atoms with Gasteiger partial charge in [-0.1, -0.05) is 12.1 Å². The molecule has 0 aliphatic carbocycles. The van der Waals surface area contributed by atoms with E-state index in [0.29, 0.717) is 25.5 Å². The van der Waals surface area contributed by atoms with E-state index in [0.717, 1.165) is 18.4 Å². The van der Waals surface area contributed by atoms with Crippen molar-refractivity contribution < 1.29 is 12.8 Å². The topological polar surface area (TPSA) is 66.4 Å². The van der Waals surface area contributed by atoms with E-state index in [4.69, 9.17) is 0 Å². The molecule has 1 fully saturated rings. The Labute approximate surface area is 153 Å². The first kappa shape index (κ1) is 18.7. The molecule has 0 spiro atoms. The zero-order valence-corrected chi connectivity index (χ0v) is 15.6. The van der Waals surface area contributed by atoms with Crippen molar-refractivity contribution in [2.24, 2.45) is 0 Å². The standard InChI is InChI=1S/C18H23FN4O2S/c1-22(18-20-10-2-11-21-18)17-7-12-23(13-8-17)26(24,25)14-9-15-3-5-16(19)6-4-15/h2-6,10-11,17H,7-9,12-14H2,1H3. The summed E-state index contributed by atoms with van der Waals surface area (Å²) in [5, 5.41) is 0. The number of anilines is 1. The van der Waals surface area contributed by atoms with E-state index < -0.39 is 10.0 Å². The second-order valence-electron chi connectivity index (χ2n) is 6.48. The molecular formula is C18H23FN4O2S. The quantitative estimate of drug-likeness (QED) is 0.770. The van der Waals surface area contributed by atoms with Crippen LogP contribution in [0.4, 0.5) is 10.3 Å². The maximum Gasteiger partial charge on any atom is 0.225 e. The van der Waals surface area contributed by atoms with Crippen molar-refractivity contribution in [3.63, 3.8) is 0 Å². The average Bonchev–Trinajstić information content (AvgIpc) is 2.68. The molecule has 6 nitrogen and oxygen atoms in total. The van der Waals surface area contributed by atoms with Crippen LogP contribution in [0, 0.1) is 5.82 Å². The molecule has 0 atom stereocenters. The second-order valence-corrected chi connectivity index (χ2v) is 8.57. The summed E-state index contributed by atoms with van der Waals surface area (Å²) in [5.41, 5.74) is 0.825. The van der Waals surface area contributed by atoms with E-state index in [1.807, 2.05) is 11.9 Å². The first-order chi connectivity index (χ1) is 12.5. The number of nitrogens with zero attached hydrogens (tertiary/aromatic N) is 4. The number of aryl methyl sites for hydroxylation is 1. The van der Waals surface area contributed by atoms with E-state index in [1.165, 1.54) is 12.1 Å². The number of hydrogen-bond donors (Lipinski definition) is 0. The Kier molecular flexibility index (Phi) is 5.83. The van der Waals surface area contributed by atoms with E-state index in [1.54, 1.807) is 34.9 Å². The highest BCUT2D eigenvalue weighted by atomic mass is 32.2.